The Kier molecular flexibility index (Phi) is 5.41. The normalized spacial score (nSPS) is 24.1. The topological polar surface area (TPSA) is 54.4 Å². The molecule has 0 amide bonds. The van der Waals surface area contributed by atoms with Gasteiger partial charge in [-0.1, -0.05) is 13.0 Å². The molecule has 2 fully saturated rings. The summed E-state index contributed by atoms with van der Waals surface area (Å²) in [6, 6.07) is 6.12. The first-order chi connectivity index (χ1) is 12.8. The van der Waals surface area contributed by atoms with Crippen LogP contribution in [0.2, 0.25) is 0 Å². The molecule has 6 nitrogen and oxygen atoms in total. The van der Waals surface area contributed by atoms with Crippen molar-refractivity contribution < 1.29 is 4.74 Å². The van der Waals surface area contributed by atoms with Gasteiger partial charge in [-0.3, -0.25) is 9.88 Å². The van der Waals surface area contributed by atoms with E-state index < -0.39 is 0 Å². The molecule has 0 spiro atoms. The monoisotopic (exact) mass is 353 g/mol. The minimum Gasteiger partial charge on any atom is -0.375 e. The summed E-state index contributed by atoms with van der Waals surface area (Å²) in [4.78, 5) is 18.3. The fraction of sp³-hybridized carbons (Fsp3) is 0.550. The molecule has 0 radical (unpaired) electrons. The van der Waals surface area contributed by atoms with Gasteiger partial charge in [-0.05, 0) is 37.1 Å². The highest BCUT2D eigenvalue weighted by molar-refractivity contribution is 5.30. The van der Waals surface area contributed by atoms with E-state index in [1.807, 2.05) is 24.7 Å². The van der Waals surface area contributed by atoms with Crippen molar-refractivity contribution in [1.29, 1.82) is 0 Å². The standard InChI is InChI=1S/C20H27N5O/c1-2-16-11-22-20(23-12-16)25-9-10-26-19-15-24(8-6-17(19)13-25)14-18-5-3-4-7-21-18/h3-5,7,11-12,17,19H,2,6,8-10,13-15H2,1H3/t17-,19-/m0/s1. The smallest absolute Gasteiger partial charge is 0.225 e. The number of anilines is 1. The van der Waals surface area contributed by atoms with Crippen LogP contribution < -0.4 is 4.90 Å². The lowest BCUT2D eigenvalue weighted by molar-refractivity contribution is -0.0242. The SMILES string of the molecule is CCc1cnc(N2CCO[C@H]3CN(Cc4ccccn4)CC[C@H]3C2)nc1. The summed E-state index contributed by atoms with van der Waals surface area (Å²) in [5.74, 6) is 1.37. The Bertz CT molecular complexity index is 693. The Labute approximate surface area is 155 Å². The predicted molar refractivity (Wildman–Crippen MR) is 101 cm³/mol. The van der Waals surface area contributed by atoms with E-state index in [0.29, 0.717) is 5.92 Å². The molecule has 0 aromatic carbocycles. The largest absolute Gasteiger partial charge is 0.375 e. The molecule has 0 N–H and O–H groups in total. The number of nitrogens with zero attached hydrogens (tertiary/aromatic N) is 5. The average Bonchev–Trinajstić information content (AvgIpc) is 2.91. The van der Waals surface area contributed by atoms with Gasteiger partial charge < -0.3 is 9.64 Å². The second-order valence-corrected chi connectivity index (χ2v) is 7.21. The Morgan fingerprint density at radius 2 is 2.00 bits per heavy atom. The van der Waals surface area contributed by atoms with Crippen molar-refractivity contribution in [1.82, 2.24) is 19.9 Å². The van der Waals surface area contributed by atoms with Crippen LogP contribution >= 0.6 is 0 Å². The zero-order chi connectivity index (χ0) is 17.8. The number of hydrogen-bond acceptors (Lipinski definition) is 6. The predicted octanol–water partition coefficient (Wildman–Crippen LogP) is 2.16. The third-order valence-electron chi connectivity index (χ3n) is 5.42. The molecule has 2 aromatic heterocycles. The molecular formula is C20H27N5O. The maximum atomic E-state index is 6.21. The third-order valence-corrected chi connectivity index (χ3v) is 5.42. The molecule has 6 heteroatoms. The minimum atomic E-state index is 0.285. The lowest BCUT2D eigenvalue weighted by atomic mass is 9.93. The van der Waals surface area contributed by atoms with Gasteiger partial charge in [-0.25, -0.2) is 9.97 Å². The highest BCUT2D eigenvalue weighted by atomic mass is 16.5. The summed E-state index contributed by atoms with van der Waals surface area (Å²) in [6.45, 7) is 7.67. The summed E-state index contributed by atoms with van der Waals surface area (Å²) in [6.07, 6.45) is 8.15. The summed E-state index contributed by atoms with van der Waals surface area (Å²) in [7, 11) is 0. The van der Waals surface area contributed by atoms with Crippen LogP contribution in [0.5, 0.6) is 0 Å². The van der Waals surface area contributed by atoms with Crippen molar-refractivity contribution >= 4 is 5.95 Å². The van der Waals surface area contributed by atoms with Gasteiger partial charge in [-0.2, -0.15) is 0 Å². The lowest BCUT2D eigenvalue weighted by Gasteiger charge is -2.37. The van der Waals surface area contributed by atoms with Crippen LogP contribution in [0.25, 0.3) is 0 Å². The summed E-state index contributed by atoms with van der Waals surface area (Å²) >= 11 is 0. The van der Waals surface area contributed by atoms with E-state index in [9.17, 15) is 0 Å². The first-order valence-corrected chi connectivity index (χ1v) is 9.61. The van der Waals surface area contributed by atoms with E-state index in [0.717, 1.165) is 63.8 Å². The first-order valence-electron chi connectivity index (χ1n) is 9.61. The van der Waals surface area contributed by atoms with Crippen LogP contribution in [0.4, 0.5) is 5.95 Å². The van der Waals surface area contributed by atoms with Gasteiger partial charge in [0.25, 0.3) is 0 Å². The highest BCUT2D eigenvalue weighted by Gasteiger charge is 2.34. The average molecular weight is 353 g/mol. The van der Waals surface area contributed by atoms with E-state index in [4.69, 9.17) is 4.74 Å². The number of likely N-dealkylation sites (tertiary alicyclic amines) is 1. The fourth-order valence-electron chi connectivity index (χ4n) is 3.86. The molecule has 0 aliphatic carbocycles. The fourth-order valence-corrected chi connectivity index (χ4v) is 3.86. The maximum absolute atomic E-state index is 6.21. The molecular weight excluding hydrogens is 326 g/mol. The number of rotatable bonds is 4. The van der Waals surface area contributed by atoms with Gasteiger partial charge >= 0.3 is 0 Å². The first kappa shape index (κ1) is 17.4. The Morgan fingerprint density at radius 3 is 2.77 bits per heavy atom. The van der Waals surface area contributed by atoms with Crippen molar-refractivity contribution in [3.05, 3.63) is 48.0 Å². The van der Waals surface area contributed by atoms with E-state index in [1.165, 1.54) is 5.56 Å². The van der Waals surface area contributed by atoms with Crippen molar-refractivity contribution in [2.75, 3.05) is 37.7 Å². The van der Waals surface area contributed by atoms with E-state index >= 15 is 0 Å². The van der Waals surface area contributed by atoms with Crippen LogP contribution in [0.3, 0.4) is 0 Å². The van der Waals surface area contributed by atoms with Gasteiger partial charge in [0.15, 0.2) is 0 Å². The van der Waals surface area contributed by atoms with Crippen molar-refractivity contribution in [2.24, 2.45) is 5.92 Å². The molecule has 26 heavy (non-hydrogen) atoms. The number of fused-ring (bicyclic) bond motifs is 1. The second-order valence-electron chi connectivity index (χ2n) is 7.21. The molecule has 4 heterocycles. The molecule has 0 bridgehead atoms. The van der Waals surface area contributed by atoms with Gasteiger partial charge in [0, 0.05) is 50.7 Å². The van der Waals surface area contributed by atoms with Gasteiger partial charge in [0.1, 0.15) is 0 Å². The highest BCUT2D eigenvalue weighted by Crippen LogP contribution is 2.26. The van der Waals surface area contributed by atoms with E-state index in [-0.39, 0.29) is 6.10 Å². The summed E-state index contributed by atoms with van der Waals surface area (Å²) in [5.41, 5.74) is 2.31. The van der Waals surface area contributed by atoms with Crippen LogP contribution in [0.15, 0.2) is 36.8 Å². The summed E-state index contributed by atoms with van der Waals surface area (Å²) in [5, 5.41) is 0. The van der Waals surface area contributed by atoms with Crippen LogP contribution in [-0.4, -0.2) is 58.7 Å². The number of aromatic nitrogens is 3. The van der Waals surface area contributed by atoms with E-state index in [2.05, 4.69) is 43.8 Å². The number of piperidine rings is 1. The van der Waals surface area contributed by atoms with Crippen molar-refractivity contribution in [3.8, 4) is 0 Å². The lowest BCUT2D eigenvalue weighted by Crippen LogP contribution is -2.46. The minimum absolute atomic E-state index is 0.285. The van der Waals surface area contributed by atoms with Crippen LogP contribution in [0, 0.1) is 5.92 Å². The summed E-state index contributed by atoms with van der Waals surface area (Å²) < 4.78 is 6.21. The number of hydrogen-bond donors (Lipinski definition) is 0. The Balaban J connectivity index is 1.38. The Hall–Kier alpha value is -2.05. The molecule has 0 unspecified atom stereocenters. The van der Waals surface area contributed by atoms with Gasteiger partial charge in [0.2, 0.25) is 5.95 Å². The number of pyridine rings is 1. The van der Waals surface area contributed by atoms with Crippen LogP contribution in [-0.2, 0) is 17.7 Å². The number of aryl methyl sites for hydroxylation is 1. The second kappa shape index (κ2) is 8.10. The van der Waals surface area contributed by atoms with Gasteiger partial charge in [-0.15, -0.1) is 0 Å². The number of ether oxygens (including phenoxy) is 1. The molecule has 2 aliphatic heterocycles. The molecule has 2 aliphatic rings. The molecule has 138 valence electrons. The molecule has 2 atom stereocenters. The van der Waals surface area contributed by atoms with E-state index in [1.54, 1.807) is 0 Å². The molecule has 2 aromatic rings. The molecule has 0 saturated carbocycles. The Morgan fingerprint density at radius 1 is 1.12 bits per heavy atom. The molecule has 2 saturated heterocycles. The zero-order valence-electron chi connectivity index (χ0n) is 15.4. The zero-order valence-corrected chi connectivity index (χ0v) is 15.4. The quantitative estimate of drug-likeness (QED) is 0.840. The third kappa shape index (κ3) is 4.02. The van der Waals surface area contributed by atoms with Crippen LogP contribution in [0.1, 0.15) is 24.6 Å². The van der Waals surface area contributed by atoms with Gasteiger partial charge in [0.05, 0.1) is 18.4 Å². The maximum Gasteiger partial charge on any atom is 0.225 e. The van der Waals surface area contributed by atoms with Crippen molar-refractivity contribution in [2.45, 2.75) is 32.4 Å². The van der Waals surface area contributed by atoms with Crippen molar-refractivity contribution in [3.63, 3.8) is 0 Å². The molecule has 4 rings (SSSR count).